The molecule has 1 aliphatic rings. The van der Waals surface area contributed by atoms with E-state index < -0.39 is 30.1 Å². The van der Waals surface area contributed by atoms with Crippen LogP contribution in [0.5, 0.6) is 0 Å². The van der Waals surface area contributed by atoms with Gasteiger partial charge >= 0.3 is 13.3 Å². The molecule has 0 amide bonds. The third-order valence-electron chi connectivity index (χ3n) is 4.44. The molecule has 0 N–H and O–H groups in total. The lowest BCUT2D eigenvalue weighted by Gasteiger charge is -2.32. The van der Waals surface area contributed by atoms with E-state index in [1.165, 1.54) is 11.1 Å². The Balaban J connectivity index is 2.54. The van der Waals surface area contributed by atoms with Crippen molar-refractivity contribution >= 4 is 30.4 Å². The van der Waals surface area contributed by atoms with Crippen LogP contribution in [0, 0.1) is 0 Å². The summed E-state index contributed by atoms with van der Waals surface area (Å²) in [6.45, 7) is 7.44. The van der Waals surface area contributed by atoms with Crippen LogP contribution in [0.15, 0.2) is 17.2 Å². The summed E-state index contributed by atoms with van der Waals surface area (Å²) in [7, 11) is 2.36. The molecule has 1 aliphatic heterocycles. The van der Waals surface area contributed by atoms with Gasteiger partial charge in [-0.25, -0.2) is 0 Å². The first-order valence-corrected chi connectivity index (χ1v) is 8.10. The molecule has 1 saturated heterocycles. The first kappa shape index (κ1) is 20.1. The zero-order chi connectivity index (χ0) is 19.2. The van der Waals surface area contributed by atoms with Crippen molar-refractivity contribution in [2.24, 2.45) is 5.10 Å². The van der Waals surface area contributed by atoms with Gasteiger partial charge in [-0.15, -0.1) is 0 Å². The fourth-order valence-electron chi connectivity index (χ4n) is 2.31. The Morgan fingerprint density at radius 3 is 2.08 bits per heavy atom. The molecular weight excluding hydrogens is 355 g/mol. The second kappa shape index (κ2) is 6.48. The Hall–Kier alpha value is -1.25. The van der Waals surface area contributed by atoms with Gasteiger partial charge in [-0.3, -0.25) is 0 Å². The van der Waals surface area contributed by atoms with E-state index in [2.05, 4.69) is 5.10 Å². The molecule has 0 aliphatic carbocycles. The number of hydrazone groups is 1. The minimum absolute atomic E-state index is 0.0843. The van der Waals surface area contributed by atoms with E-state index in [0.29, 0.717) is 5.46 Å². The van der Waals surface area contributed by atoms with Gasteiger partial charge < -0.3 is 14.3 Å². The van der Waals surface area contributed by atoms with Crippen molar-refractivity contribution in [1.82, 2.24) is 5.01 Å². The minimum atomic E-state index is -4.55. The maximum atomic E-state index is 13.3. The third kappa shape index (κ3) is 3.96. The van der Waals surface area contributed by atoms with Crippen molar-refractivity contribution in [3.05, 3.63) is 28.3 Å². The molecule has 0 saturated carbocycles. The number of rotatable bonds is 3. The second-order valence-corrected chi connectivity index (χ2v) is 7.49. The molecule has 2 rings (SSSR count). The molecule has 0 spiro atoms. The number of hydrogen-bond acceptors (Lipinski definition) is 4. The summed E-state index contributed by atoms with van der Waals surface area (Å²) in [4.78, 5) is 0. The summed E-state index contributed by atoms with van der Waals surface area (Å²) in [5, 5.41) is 5.20. The molecule has 1 heterocycles. The number of hydrogen-bond donors (Lipinski definition) is 0. The van der Waals surface area contributed by atoms with E-state index in [0.717, 1.165) is 12.3 Å². The van der Waals surface area contributed by atoms with Gasteiger partial charge in [0.05, 0.1) is 23.0 Å². The van der Waals surface area contributed by atoms with Crippen LogP contribution in [0.3, 0.4) is 0 Å². The smallest absolute Gasteiger partial charge is 0.399 e. The monoisotopic (exact) mass is 376 g/mol. The summed E-state index contributed by atoms with van der Waals surface area (Å²) in [6.07, 6.45) is -3.45. The van der Waals surface area contributed by atoms with Crippen molar-refractivity contribution in [3.63, 3.8) is 0 Å². The van der Waals surface area contributed by atoms with E-state index in [-0.39, 0.29) is 10.6 Å². The quantitative estimate of drug-likeness (QED) is 0.460. The molecule has 138 valence electrons. The number of benzene rings is 1. The Labute approximate surface area is 151 Å². The summed E-state index contributed by atoms with van der Waals surface area (Å²) in [5.74, 6) is 0. The fraction of sp³-hybridized carbons (Fsp3) is 0.562. The normalized spacial score (nSPS) is 19.7. The highest BCUT2D eigenvalue weighted by Gasteiger charge is 2.52. The molecule has 1 aromatic carbocycles. The average molecular weight is 377 g/mol. The lowest BCUT2D eigenvalue weighted by atomic mass is 9.77. The minimum Gasteiger partial charge on any atom is -0.399 e. The molecule has 1 aromatic rings. The van der Waals surface area contributed by atoms with Crippen molar-refractivity contribution in [2.75, 3.05) is 14.1 Å². The van der Waals surface area contributed by atoms with Crippen LogP contribution < -0.4 is 5.46 Å². The largest absolute Gasteiger partial charge is 0.496 e. The molecule has 0 unspecified atom stereocenters. The van der Waals surface area contributed by atoms with E-state index in [4.69, 9.17) is 20.9 Å². The van der Waals surface area contributed by atoms with Crippen LogP contribution in [0.4, 0.5) is 13.2 Å². The topological polar surface area (TPSA) is 34.1 Å². The van der Waals surface area contributed by atoms with Gasteiger partial charge in [0.15, 0.2) is 0 Å². The van der Waals surface area contributed by atoms with Gasteiger partial charge in [0, 0.05) is 30.1 Å². The van der Waals surface area contributed by atoms with Crippen LogP contribution in [0.2, 0.25) is 5.02 Å². The standard InChI is InChI=1S/C16H21BClF3N2O2/c1-14(2)15(3,4)25-17(24-14)12-8-7-11(16(19,20)21)10(13(12)18)9-22-23(5)6/h7-9H,1-6H3/b22-9+. The number of halogens is 4. The highest BCUT2D eigenvalue weighted by molar-refractivity contribution is 6.66. The van der Waals surface area contributed by atoms with E-state index in [1.54, 1.807) is 14.1 Å². The first-order chi connectivity index (χ1) is 11.3. The Kier molecular flexibility index (Phi) is 5.21. The zero-order valence-electron chi connectivity index (χ0n) is 15.0. The molecular formula is C16H21BClF3N2O2. The van der Waals surface area contributed by atoms with Crippen molar-refractivity contribution in [1.29, 1.82) is 0 Å². The molecule has 1 fully saturated rings. The Bertz CT molecular complexity index is 675. The van der Waals surface area contributed by atoms with E-state index in [9.17, 15) is 13.2 Å². The maximum Gasteiger partial charge on any atom is 0.496 e. The lowest BCUT2D eigenvalue weighted by Crippen LogP contribution is -2.41. The van der Waals surface area contributed by atoms with Crippen molar-refractivity contribution in [2.45, 2.75) is 45.1 Å². The van der Waals surface area contributed by atoms with E-state index in [1.807, 2.05) is 27.7 Å². The van der Waals surface area contributed by atoms with E-state index >= 15 is 0 Å². The molecule has 0 bridgehead atoms. The predicted molar refractivity (Wildman–Crippen MR) is 93.5 cm³/mol. The van der Waals surface area contributed by atoms with Gasteiger partial charge in [-0.1, -0.05) is 17.7 Å². The van der Waals surface area contributed by atoms with Crippen molar-refractivity contribution < 1.29 is 22.5 Å². The highest BCUT2D eigenvalue weighted by Crippen LogP contribution is 2.38. The summed E-state index contributed by atoms with van der Waals surface area (Å²) in [5.41, 5.74) is -1.98. The number of nitrogens with zero attached hydrogens (tertiary/aromatic N) is 2. The van der Waals surface area contributed by atoms with Crippen LogP contribution in [0.25, 0.3) is 0 Å². The highest BCUT2D eigenvalue weighted by atomic mass is 35.5. The van der Waals surface area contributed by atoms with Crippen LogP contribution in [-0.2, 0) is 15.5 Å². The van der Waals surface area contributed by atoms with Crippen LogP contribution in [0.1, 0.15) is 38.8 Å². The molecule has 9 heteroatoms. The Morgan fingerprint density at radius 2 is 1.64 bits per heavy atom. The van der Waals surface area contributed by atoms with Gasteiger partial charge in [-0.05, 0) is 33.8 Å². The zero-order valence-corrected chi connectivity index (χ0v) is 15.8. The number of alkyl halides is 3. The van der Waals surface area contributed by atoms with Crippen LogP contribution in [-0.4, -0.2) is 43.6 Å². The fourth-order valence-corrected chi connectivity index (χ4v) is 2.61. The van der Waals surface area contributed by atoms with Gasteiger partial charge in [0.25, 0.3) is 0 Å². The van der Waals surface area contributed by atoms with Crippen LogP contribution >= 0.6 is 11.6 Å². The molecule has 4 nitrogen and oxygen atoms in total. The summed E-state index contributed by atoms with van der Waals surface area (Å²) >= 11 is 6.30. The van der Waals surface area contributed by atoms with Gasteiger partial charge in [0.2, 0.25) is 0 Å². The average Bonchev–Trinajstić information content (AvgIpc) is 2.64. The molecule has 0 radical (unpaired) electrons. The first-order valence-electron chi connectivity index (χ1n) is 7.73. The maximum absolute atomic E-state index is 13.3. The molecule has 25 heavy (non-hydrogen) atoms. The predicted octanol–water partition coefficient (Wildman–Crippen LogP) is 3.55. The molecule has 0 atom stereocenters. The summed E-state index contributed by atoms with van der Waals surface area (Å²) in [6, 6.07) is 2.27. The molecule has 0 aromatic heterocycles. The van der Waals surface area contributed by atoms with Gasteiger partial charge in [-0.2, -0.15) is 18.3 Å². The second-order valence-electron chi connectivity index (χ2n) is 7.11. The lowest BCUT2D eigenvalue weighted by molar-refractivity contribution is -0.137. The SMILES string of the molecule is CN(C)/N=C/c1c(C(F)(F)F)ccc(B2OC(C)(C)C(C)(C)O2)c1Cl. The third-order valence-corrected chi connectivity index (χ3v) is 4.86. The Morgan fingerprint density at radius 1 is 1.12 bits per heavy atom. The van der Waals surface area contributed by atoms with Crippen molar-refractivity contribution in [3.8, 4) is 0 Å². The summed E-state index contributed by atoms with van der Waals surface area (Å²) < 4.78 is 51.7. The van der Waals surface area contributed by atoms with Gasteiger partial charge in [0.1, 0.15) is 0 Å².